The van der Waals surface area contributed by atoms with E-state index in [1.165, 1.54) is 0 Å². The second-order valence-corrected chi connectivity index (χ2v) is 7.76. The van der Waals surface area contributed by atoms with E-state index in [4.69, 9.17) is 11.6 Å². The summed E-state index contributed by atoms with van der Waals surface area (Å²) in [6.45, 7) is 1.87. The summed E-state index contributed by atoms with van der Waals surface area (Å²) < 4.78 is 22.7. The van der Waals surface area contributed by atoms with Gasteiger partial charge in [0.25, 0.3) is 5.91 Å². The second kappa shape index (κ2) is 6.50. The number of aryl methyl sites for hydroxylation is 1. The Kier molecular flexibility index (Phi) is 4.88. The van der Waals surface area contributed by atoms with E-state index < -0.39 is 9.84 Å². The summed E-state index contributed by atoms with van der Waals surface area (Å²) in [5.41, 5.74) is 2.51. The van der Waals surface area contributed by atoms with Gasteiger partial charge in [-0.05, 0) is 42.3 Å². The van der Waals surface area contributed by atoms with E-state index in [0.717, 1.165) is 11.8 Å². The maximum absolute atomic E-state index is 12.3. The maximum atomic E-state index is 12.3. The van der Waals surface area contributed by atoms with Crippen molar-refractivity contribution in [3.05, 3.63) is 64.2 Å². The molecule has 0 bridgehead atoms. The van der Waals surface area contributed by atoms with Gasteiger partial charge < -0.3 is 5.32 Å². The molecule has 1 amide bonds. The number of nitrogens with one attached hydrogen (secondary N) is 1. The molecule has 0 saturated carbocycles. The average Bonchev–Trinajstić information content (AvgIpc) is 2.41. The molecule has 2 aromatic rings. The third-order valence-corrected chi connectivity index (χ3v) is 4.16. The van der Waals surface area contributed by atoms with Gasteiger partial charge in [0.05, 0.1) is 5.75 Å². The Labute approximate surface area is 135 Å². The topological polar surface area (TPSA) is 63.2 Å². The quantitative estimate of drug-likeness (QED) is 0.929. The zero-order chi connectivity index (χ0) is 16.3. The number of benzene rings is 2. The highest BCUT2D eigenvalue weighted by Gasteiger charge is 2.11. The molecule has 2 aromatic carbocycles. The Hall–Kier alpha value is -1.85. The maximum Gasteiger partial charge on any atom is 0.255 e. The Morgan fingerprint density at radius 1 is 1.18 bits per heavy atom. The Balaban J connectivity index is 2.23. The van der Waals surface area contributed by atoms with Gasteiger partial charge in [0, 0.05) is 22.5 Å². The lowest BCUT2D eigenvalue weighted by Gasteiger charge is -2.09. The number of sulfone groups is 1. The summed E-state index contributed by atoms with van der Waals surface area (Å²) in [5.74, 6) is -0.398. The molecule has 0 aliphatic carbocycles. The lowest BCUT2D eigenvalue weighted by Crippen LogP contribution is -2.13. The van der Waals surface area contributed by atoms with E-state index in [-0.39, 0.29) is 11.7 Å². The van der Waals surface area contributed by atoms with Gasteiger partial charge in [0.15, 0.2) is 9.84 Å². The van der Waals surface area contributed by atoms with Crippen LogP contribution in [0.3, 0.4) is 0 Å². The van der Waals surface area contributed by atoms with Crippen LogP contribution < -0.4 is 5.32 Å². The molecule has 0 saturated heterocycles. The van der Waals surface area contributed by atoms with Crippen LogP contribution in [0.2, 0.25) is 5.02 Å². The van der Waals surface area contributed by atoms with E-state index in [0.29, 0.717) is 21.8 Å². The predicted molar refractivity (Wildman–Crippen MR) is 89.1 cm³/mol. The van der Waals surface area contributed by atoms with E-state index in [1.807, 2.05) is 13.0 Å². The zero-order valence-corrected chi connectivity index (χ0v) is 13.8. The van der Waals surface area contributed by atoms with Crippen molar-refractivity contribution in [3.8, 4) is 0 Å². The summed E-state index contributed by atoms with van der Waals surface area (Å²) in [7, 11) is -3.14. The predicted octanol–water partition coefficient (Wildman–Crippen LogP) is 3.45. The van der Waals surface area contributed by atoms with E-state index in [1.54, 1.807) is 36.4 Å². The molecule has 0 aliphatic rings. The number of hydrogen-bond acceptors (Lipinski definition) is 3. The van der Waals surface area contributed by atoms with Crippen LogP contribution in [-0.4, -0.2) is 20.6 Å². The molecule has 1 N–H and O–H groups in total. The first-order chi connectivity index (χ1) is 10.2. The first-order valence-corrected chi connectivity index (χ1v) is 9.02. The molecule has 2 rings (SSSR count). The molecule has 116 valence electrons. The second-order valence-electron chi connectivity index (χ2n) is 5.18. The van der Waals surface area contributed by atoms with Crippen molar-refractivity contribution in [2.45, 2.75) is 12.7 Å². The molecule has 0 aromatic heterocycles. The Morgan fingerprint density at radius 3 is 2.59 bits per heavy atom. The van der Waals surface area contributed by atoms with Gasteiger partial charge in [-0.2, -0.15) is 0 Å². The Bertz CT molecular complexity index is 816. The van der Waals surface area contributed by atoms with Crippen LogP contribution in [0.15, 0.2) is 42.5 Å². The van der Waals surface area contributed by atoms with Crippen LogP contribution in [0.4, 0.5) is 5.69 Å². The highest BCUT2D eigenvalue weighted by atomic mass is 35.5. The number of anilines is 1. The van der Waals surface area contributed by atoms with Gasteiger partial charge in [-0.25, -0.2) is 8.42 Å². The third-order valence-electron chi connectivity index (χ3n) is 3.07. The number of carbonyl (C=O) groups is 1. The minimum atomic E-state index is -3.14. The summed E-state index contributed by atoms with van der Waals surface area (Å²) in [6, 6.07) is 11.8. The van der Waals surface area contributed by atoms with Gasteiger partial charge in [-0.3, -0.25) is 4.79 Å². The van der Waals surface area contributed by atoms with E-state index >= 15 is 0 Å². The fourth-order valence-corrected chi connectivity index (χ4v) is 2.99. The van der Waals surface area contributed by atoms with Crippen molar-refractivity contribution >= 4 is 33.0 Å². The van der Waals surface area contributed by atoms with Crippen LogP contribution in [0, 0.1) is 6.92 Å². The van der Waals surface area contributed by atoms with Crippen molar-refractivity contribution in [2.24, 2.45) is 0 Å². The zero-order valence-electron chi connectivity index (χ0n) is 12.3. The summed E-state index contributed by atoms with van der Waals surface area (Å²) in [6.07, 6.45) is 1.16. The average molecular weight is 338 g/mol. The van der Waals surface area contributed by atoms with E-state index in [9.17, 15) is 13.2 Å². The first-order valence-electron chi connectivity index (χ1n) is 6.59. The van der Waals surface area contributed by atoms with Gasteiger partial charge in [0.1, 0.15) is 0 Å². The Morgan fingerprint density at radius 2 is 1.91 bits per heavy atom. The van der Waals surface area contributed by atoms with Crippen LogP contribution in [0.1, 0.15) is 21.5 Å². The largest absolute Gasteiger partial charge is 0.322 e. The van der Waals surface area contributed by atoms with Crippen molar-refractivity contribution in [2.75, 3.05) is 11.6 Å². The molecule has 0 spiro atoms. The minimum absolute atomic E-state index is 0.0929. The van der Waals surface area contributed by atoms with Crippen LogP contribution in [0.5, 0.6) is 0 Å². The van der Waals surface area contributed by atoms with Crippen LogP contribution in [-0.2, 0) is 15.6 Å². The number of rotatable bonds is 4. The molecule has 0 radical (unpaired) electrons. The molecule has 0 unspecified atom stereocenters. The smallest absolute Gasteiger partial charge is 0.255 e. The number of carbonyl (C=O) groups excluding carboxylic acids is 1. The van der Waals surface area contributed by atoms with Crippen molar-refractivity contribution in [3.63, 3.8) is 0 Å². The highest BCUT2D eigenvalue weighted by molar-refractivity contribution is 7.89. The SMILES string of the molecule is Cc1ccc(Cl)cc1NC(=O)c1cccc(CS(C)(=O)=O)c1. The van der Waals surface area contributed by atoms with E-state index in [2.05, 4.69) is 5.32 Å². The minimum Gasteiger partial charge on any atom is -0.322 e. The van der Waals surface area contributed by atoms with Gasteiger partial charge in [0.2, 0.25) is 0 Å². The van der Waals surface area contributed by atoms with Crippen LogP contribution in [0.25, 0.3) is 0 Å². The fourth-order valence-electron chi connectivity index (χ4n) is 2.03. The lowest BCUT2D eigenvalue weighted by atomic mass is 10.1. The van der Waals surface area contributed by atoms with Gasteiger partial charge in [-0.1, -0.05) is 29.8 Å². The summed E-state index contributed by atoms with van der Waals surface area (Å²) in [5, 5.41) is 3.32. The molecule has 6 heteroatoms. The standard InChI is InChI=1S/C16H16ClNO3S/c1-11-6-7-14(17)9-15(11)18-16(19)13-5-3-4-12(8-13)10-22(2,20)21/h3-9H,10H2,1-2H3,(H,18,19). The summed E-state index contributed by atoms with van der Waals surface area (Å²) >= 11 is 5.93. The molecule has 0 atom stereocenters. The van der Waals surface area contributed by atoms with Gasteiger partial charge >= 0.3 is 0 Å². The number of amides is 1. The van der Waals surface area contributed by atoms with Gasteiger partial charge in [-0.15, -0.1) is 0 Å². The first kappa shape index (κ1) is 16.5. The van der Waals surface area contributed by atoms with Crippen molar-refractivity contribution in [1.29, 1.82) is 0 Å². The molecule has 22 heavy (non-hydrogen) atoms. The lowest BCUT2D eigenvalue weighted by molar-refractivity contribution is 0.102. The molecule has 0 fully saturated rings. The molecule has 0 aliphatic heterocycles. The number of hydrogen-bond donors (Lipinski definition) is 1. The molecule has 4 nitrogen and oxygen atoms in total. The highest BCUT2D eigenvalue weighted by Crippen LogP contribution is 2.21. The van der Waals surface area contributed by atoms with Crippen molar-refractivity contribution < 1.29 is 13.2 Å². The normalized spacial score (nSPS) is 11.2. The summed E-state index contributed by atoms with van der Waals surface area (Å²) in [4.78, 5) is 12.3. The monoisotopic (exact) mass is 337 g/mol. The molecular formula is C16H16ClNO3S. The third kappa shape index (κ3) is 4.58. The molecule has 0 heterocycles. The number of halogens is 1. The van der Waals surface area contributed by atoms with Crippen LogP contribution >= 0.6 is 11.6 Å². The van der Waals surface area contributed by atoms with Crippen molar-refractivity contribution in [1.82, 2.24) is 0 Å². The fraction of sp³-hybridized carbons (Fsp3) is 0.188. The molecular weight excluding hydrogens is 322 g/mol.